The molecule has 150 valence electrons. The van der Waals surface area contributed by atoms with E-state index in [2.05, 4.69) is 5.32 Å². The van der Waals surface area contributed by atoms with Gasteiger partial charge in [0.15, 0.2) is 0 Å². The van der Waals surface area contributed by atoms with Gasteiger partial charge in [-0.25, -0.2) is 0 Å². The predicted octanol–water partition coefficient (Wildman–Crippen LogP) is 5.13. The highest BCUT2D eigenvalue weighted by molar-refractivity contribution is 6.31. The third-order valence-corrected chi connectivity index (χ3v) is 5.08. The normalized spacial score (nSPS) is 10.6. The van der Waals surface area contributed by atoms with Gasteiger partial charge in [0, 0.05) is 17.1 Å². The molecule has 0 bridgehead atoms. The maximum absolute atomic E-state index is 13.3. The molecule has 0 saturated carbocycles. The van der Waals surface area contributed by atoms with Crippen LogP contribution in [0.5, 0.6) is 5.88 Å². The minimum absolute atomic E-state index is 0.284. The molecule has 0 atom stereocenters. The van der Waals surface area contributed by atoms with Crippen LogP contribution in [-0.4, -0.2) is 22.8 Å². The monoisotopic (exact) mass is 417 g/mol. The quantitative estimate of drug-likeness (QED) is 0.473. The van der Waals surface area contributed by atoms with Gasteiger partial charge in [-0.3, -0.25) is 4.79 Å². The number of amides is 1. The Morgan fingerprint density at radius 1 is 0.967 bits per heavy atom. The molecular weight excluding hydrogens is 398 g/mol. The number of para-hydroxylation sites is 1. The Kier molecular flexibility index (Phi) is 5.82. The number of carbonyl (C=O) groups is 1. The zero-order chi connectivity index (χ0) is 20.9. The first-order valence-corrected chi connectivity index (χ1v) is 9.86. The van der Waals surface area contributed by atoms with Gasteiger partial charge in [0.05, 0.1) is 12.8 Å². The molecule has 4 rings (SSSR count). The molecule has 6 heteroatoms. The van der Waals surface area contributed by atoms with Crippen LogP contribution in [0.1, 0.15) is 15.9 Å². The lowest BCUT2D eigenvalue weighted by Gasteiger charge is -2.10. The zero-order valence-corrected chi connectivity index (χ0v) is 17.1. The molecule has 0 aliphatic rings. The zero-order valence-electron chi connectivity index (χ0n) is 16.4. The minimum Gasteiger partial charge on any atom is -0.480 e. The van der Waals surface area contributed by atoms with Gasteiger partial charge in [-0.2, -0.15) is 9.78 Å². The fraction of sp³-hybridized carbons (Fsp3) is 0.0833. The highest BCUT2D eigenvalue weighted by Gasteiger charge is 2.26. The maximum Gasteiger partial charge on any atom is 0.259 e. The molecule has 5 nitrogen and oxygen atoms in total. The molecule has 1 heterocycles. The Labute approximate surface area is 179 Å². The second kappa shape index (κ2) is 8.84. The number of nitrogens with zero attached hydrogens (tertiary/aromatic N) is 2. The van der Waals surface area contributed by atoms with Crippen LogP contribution in [0, 0.1) is 0 Å². The molecule has 0 aliphatic carbocycles. The lowest BCUT2D eigenvalue weighted by Crippen LogP contribution is -2.23. The average Bonchev–Trinajstić information content (AvgIpc) is 3.19. The van der Waals surface area contributed by atoms with E-state index in [1.54, 1.807) is 10.7 Å². The third kappa shape index (κ3) is 3.93. The fourth-order valence-electron chi connectivity index (χ4n) is 3.24. The summed E-state index contributed by atoms with van der Waals surface area (Å²) in [4.78, 5) is 13.3. The molecule has 1 aromatic heterocycles. The molecule has 0 spiro atoms. The number of rotatable bonds is 6. The Morgan fingerprint density at radius 3 is 2.27 bits per heavy atom. The van der Waals surface area contributed by atoms with Crippen LogP contribution >= 0.6 is 11.6 Å². The standard InChI is InChI=1S/C24H20ClN3O2/c1-30-24-21(23(29)26-16-18-12-8-9-15-20(18)25)22(17-10-4-2-5-11-17)27-28(24)19-13-6-3-7-14-19/h2-15H,16H2,1H3,(H,26,29). The van der Waals surface area contributed by atoms with E-state index >= 15 is 0 Å². The van der Waals surface area contributed by atoms with E-state index < -0.39 is 0 Å². The average molecular weight is 418 g/mol. The van der Waals surface area contributed by atoms with E-state index in [9.17, 15) is 4.79 Å². The molecule has 0 radical (unpaired) electrons. The number of carbonyl (C=O) groups excluding carboxylic acids is 1. The third-order valence-electron chi connectivity index (χ3n) is 4.71. The molecule has 4 aromatic rings. The molecule has 1 amide bonds. The van der Waals surface area contributed by atoms with E-state index in [-0.39, 0.29) is 5.91 Å². The van der Waals surface area contributed by atoms with Crippen molar-refractivity contribution in [2.24, 2.45) is 0 Å². The fourth-order valence-corrected chi connectivity index (χ4v) is 3.45. The van der Waals surface area contributed by atoms with Gasteiger partial charge in [0.1, 0.15) is 11.3 Å². The number of methoxy groups -OCH3 is 1. The summed E-state index contributed by atoms with van der Waals surface area (Å²) in [6.07, 6.45) is 0. The molecule has 0 saturated heterocycles. The first-order chi connectivity index (χ1) is 14.7. The predicted molar refractivity (Wildman–Crippen MR) is 118 cm³/mol. The van der Waals surface area contributed by atoms with E-state index in [1.165, 1.54) is 7.11 Å². The van der Waals surface area contributed by atoms with E-state index in [1.807, 2.05) is 78.9 Å². The number of aromatic nitrogens is 2. The number of benzene rings is 3. The van der Waals surface area contributed by atoms with Crippen LogP contribution in [0.2, 0.25) is 5.02 Å². The largest absolute Gasteiger partial charge is 0.480 e. The number of ether oxygens (including phenoxy) is 1. The van der Waals surface area contributed by atoms with Crippen LogP contribution in [-0.2, 0) is 6.54 Å². The molecule has 30 heavy (non-hydrogen) atoms. The van der Waals surface area contributed by atoms with Crippen LogP contribution in [0.4, 0.5) is 0 Å². The summed E-state index contributed by atoms with van der Waals surface area (Å²) in [7, 11) is 1.54. The summed E-state index contributed by atoms with van der Waals surface area (Å²) in [6, 6.07) is 26.6. The molecular formula is C24H20ClN3O2. The van der Waals surface area contributed by atoms with E-state index in [0.717, 1.165) is 16.8 Å². The highest BCUT2D eigenvalue weighted by Crippen LogP contribution is 2.32. The SMILES string of the molecule is COc1c(C(=O)NCc2ccccc2Cl)c(-c2ccccc2)nn1-c1ccccc1. The van der Waals surface area contributed by atoms with Gasteiger partial charge < -0.3 is 10.1 Å². The summed E-state index contributed by atoms with van der Waals surface area (Å²) in [5, 5.41) is 8.27. The maximum atomic E-state index is 13.3. The lowest BCUT2D eigenvalue weighted by molar-refractivity contribution is 0.0948. The first-order valence-electron chi connectivity index (χ1n) is 9.48. The van der Waals surface area contributed by atoms with Crippen molar-refractivity contribution in [3.8, 4) is 22.8 Å². The van der Waals surface area contributed by atoms with Gasteiger partial charge in [-0.05, 0) is 23.8 Å². The number of hydrogen-bond donors (Lipinski definition) is 1. The lowest BCUT2D eigenvalue weighted by atomic mass is 10.1. The van der Waals surface area contributed by atoms with Gasteiger partial charge in [0.2, 0.25) is 5.88 Å². The first kappa shape index (κ1) is 19.7. The molecule has 0 unspecified atom stereocenters. The summed E-state index contributed by atoms with van der Waals surface area (Å²) in [6.45, 7) is 0.298. The second-order valence-electron chi connectivity index (χ2n) is 6.62. The number of nitrogens with one attached hydrogen (secondary N) is 1. The molecule has 1 N–H and O–H groups in total. The van der Waals surface area contributed by atoms with E-state index in [4.69, 9.17) is 21.4 Å². The van der Waals surface area contributed by atoms with Crippen LogP contribution in [0.15, 0.2) is 84.9 Å². The van der Waals surface area contributed by atoms with Crippen molar-refractivity contribution in [2.75, 3.05) is 7.11 Å². The van der Waals surface area contributed by atoms with Crippen molar-refractivity contribution >= 4 is 17.5 Å². The Bertz CT molecular complexity index is 1160. The number of hydrogen-bond acceptors (Lipinski definition) is 3. The van der Waals surface area contributed by atoms with Gasteiger partial charge in [-0.15, -0.1) is 0 Å². The van der Waals surface area contributed by atoms with Crippen LogP contribution < -0.4 is 10.1 Å². The van der Waals surface area contributed by atoms with Crippen molar-refractivity contribution in [3.63, 3.8) is 0 Å². The molecule has 0 fully saturated rings. The summed E-state index contributed by atoms with van der Waals surface area (Å²) >= 11 is 6.23. The van der Waals surface area contributed by atoms with Crippen LogP contribution in [0.3, 0.4) is 0 Å². The molecule has 0 aliphatic heterocycles. The van der Waals surface area contributed by atoms with E-state index in [0.29, 0.717) is 28.7 Å². The molecule has 3 aromatic carbocycles. The summed E-state index contributed by atoms with van der Waals surface area (Å²) in [5.41, 5.74) is 3.39. The summed E-state index contributed by atoms with van der Waals surface area (Å²) in [5.74, 6) is 0.0875. The van der Waals surface area contributed by atoms with Gasteiger partial charge in [-0.1, -0.05) is 78.3 Å². The van der Waals surface area contributed by atoms with Crippen molar-refractivity contribution in [1.82, 2.24) is 15.1 Å². The topological polar surface area (TPSA) is 56.1 Å². The van der Waals surface area contributed by atoms with Crippen molar-refractivity contribution in [1.29, 1.82) is 0 Å². The van der Waals surface area contributed by atoms with Crippen molar-refractivity contribution in [3.05, 3.63) is 101 Å². The smallest absolute Gasteiger partial charge is 0.259 e. The van der Waals surface area contributed by atoms with Gasteiger partial charge >= 0.3 is 0 Å². The number of halogens is 1. The van der Waals surface area contributed by atoms with Crippen LogP contribution in [0.25, 0.3) is 16.9 Å². The van der Waals surface area contributed by atoms with Gasteiger partial charge in [0.25, 0.3) is 5.91 Å². The Morgan fingerprint density at radius 2 is 1.60 bits per heavy atom. The Hall–Kier alpha value is -3.57. The van der Waals surface area contributed by atoms with Crippen molar-refractivity contribution in [2.45, 2.75) is 6.54 Å². The Balaban J connectivity index is 1.77. The highest BCUT2D eigenvalue weighted by atomic mass is 35.5. The summed E-state index contributed by atoms with van der Waals surface area (Å²) < 4.78 is 7.29. The second-order valence-corrected chi connectivity index (χ2v) is 7.03. The minimum atomic E-state index is -0.284. The van der Waals surface area contributed by atoms with Crippen molar-refractivity contribution < 1.29 is 9.53 Å².